The number of aromatic nitrogens is 1. The third kappa shape index (κ3) is 4.17. The molecular weight excluding hydrogens is 356 g/mol. The van der Waals surface area contributed by atoms with E-state index >= 15 is 0 Å². The van der Waals surface area contributed by atoms with Crippen molar-refractivity contribution in [2.75, 3.05) is 20.8 Å². The summed E-state index contributed by atoms with van der Waals surface area (Å²) in [6.45, 7) is 2.73. The molecule has 1 N–H and O–H groups in total. The highest BCUT2D eigenvalue weighted by Crippen LogP contribution is 2.35. The molecule has 1 heterocycles. The van der Waals surface area contributed by atoms with Crippen molar-refractivity contribution in [2.45, 2.75) is 19.8 Å². The van der Waals surface area contributed by atoms with E-state index in [9.17, 15) is 4.79 Å². The Hall–Kier alpha value is -3.28. The van der Waals surface area contributed by atoms with Gasteiger partial charge in [-0.25, -0.2) is 4.98 Å². The Morgan fingerprint density at radius 2 is 1.93 bits per heavy atom. The van der Waals surface area contributed by atoms with Crippen LogP contribution in [0.4, 0.5) is 0 Å². The van der Waals surface area contributed by atoms with Crippen LogP contribution in [0.2, 0.25) is 0 Å². The first-order valence-electron chi connectivity index (χ1n) is 9.23. The van der Waals surface area contributed by atoms with Crippen molar-refractivity contribution in [3.05, 3.63) is 54.2 Å². The first kappa shape index (κ1) is 19.5. The zero-order chi connectivity index (χ0) is 19.9. The fraction of sp³-hybridized carbons (Fsp3) is 0.273. The molecule has 0 atom stereocenters. The first-order chi connectivity index (χ1) is 13.7. The van der Waals surface area contributed by atoms with Crippen LogP contribution in [0.3, 0.4) is 0 Å². The molecule has 3 rings (SSSR count). The van der Waals surface area contributed by atoms with Gasteiger partial charge in [-0.2, -0.15) is 0 Å². The number of rotatable bonds is 8. The van der Waals surface area contributed by atoms with Crippen LogP contribution in [0.15, 0.2) is 53.1 Å². The summed E-state index contributed by atoms with van der Waals surface area (Å²) in [5.74, 6) is 2.11. The van der Waals surface area contributed by atoms with Gasteiger partial charge in [-0.1, -0.05) is 25.5 Å². The summed E-state index contributed by atoms with van der Waals surface area (Å²) in [4.78, 5) is 16.9. The van der Waals surface area contributed by atoms with Gasteiger partial charge in [-0.15, -0.1) is 0 Å². The molecule has 1 amide bonds. The van der Waals surface area contributed by atoms with Crippen LogP contribution in [0, 0.1) is 0 Å². The molecule has 146 valence electrons. The van der Waals surface area contributed by atoms with Crippen LogP contribution in [-0.2, 0) is 0 Å². The molecular formula is C22H24N2O4. The number of hydrogen-bond acceptors (Lipinski definition) is 5. The smallest absolute Gasteiger partial charge is 0.252 e. The highest BCUT2D eigenvalue weighted by molar-refractivity contribution is 6.00. The molecule has 6 heteroatoms. The summed E-state index contributed by atoms with van der Waals surface area (Å²) in [7, 11) is 3.19. The van der Waals surface area contributed by atoms with E-state index in [1.807, 2.05) is 30.3 Å². The maximum atomic E-state index is 12.5. The third-order valence-corrected chi connectivity index (χ3v) is 4.40. The topological polar surface area (TPSA) is 73.6 Å². The molecule has 3 aromatic rings. The zero-order valence-electron chi connectivity index (χ0n) is 16.3. The lowest BCUT2D eigenvalue weighted by Gasteiger charge is -2.09. The van der Waals surface area contributed by atoms with Crippen molar-refractivity contribution in [1.82, 2.24) is 10.3 Å². The molecule has 0 radical (unpaired) electrons. The normalized spacial score (nSPS) is 10.5. The van der Waals surface area contributed by atoms with Crippen LogP contribution in [-0.4, -0.2) is 31.7 Å². The minimum Gasteiger partial charge on any atom is -0.497 e. The number of unbranched alkanes of at least 4 members (excludes halogenated alkanes) is 1. The molecule has 1 aromatic heterocycles. The number of ether oxygens (including phenoxy) is 2. The lowest BCUT2D eigenvalue weighted by molar-refractivity contribution is 0.0953. The van der Waals surface area contributed by atoms with Crippen LogP contribution in [0.1, 0.15) is 30.1 Å². The Morgan fingerprint density at radius 1 is 1.11 bits per heavy atom. The van der Waals surface area contributed by atoms with Crippen molar-refractivity contribution in [3.8, 4) is 34.3 Å². The summed E-state index contributed by atoms with van der Waals surface area (Å²) in [6, 6.07) is 12.8. The van der Waals surface area contributed by atoms with Crippen molar-refractivity contribution in [2.24, 2.45) is 0 Å². The fourth-order valence-corrected chi connectivity index (χ4v) is 2.87. The van der Waals surface area contributed by atoms with Gasteiger partial charge in [0, 0.05) is 18.2 Å². The van der Waals surface area contributed by atoms with E-state index in [0.29, 0.717) is 40.8 Å². The largest absolute Gasteiger partial charge is 0.497 e. The van der Waals surface area contributed by atoms with Gasteiger partial charge in [-0.3, -0.25) is 4.79 Å². The number of methoxy groups -OCH3 is 2. The van der Waals surface area contributed by atoms with Crippen molar-refractivity contribution < 1.29 is 18.7 Å². The van der Waals surface area contributed by atoms with E-state index < -0.39 is 0 Å². The number of nitrogens with zero attached hydrogens (tertiary/aromatic N) is 1. The van der Waals surface area contributed by atoms with Gasteiger partial charge in [0.05, 0.1) is 31.5 Å². The van der Waals surface area contributed by atoms with Gasteiger partial charge in [0.2, 0.25) is 5.89 Å². The summed E-state index contributed by atoms with van der Waals surface area (Å²) < 4.78 is 16.7. The second-order valence-corrected chi connectivity index (χ2v) is 6.25. The Labute approximate surface area is 164 Å². The molecule has 0 aliphatic rings. The third-order valence-electron chi connectivity index (χ3n) is 4.40. The van der Waals surface area contributed by atoms with Crippen LogP contribution < -0.4 is 14.8 Å². The second-order valence-electron chi connectivity index (χ2n) is 6.25. The van der Waals surface area contributed by atoms with E-state index in [1.165, 1.54) is 0 Å². The fourth-order valence-electron chi connectivity index (χ4n) is 2.87. The van der Waals surface area contributed by atoms with Crippen LogP contribution in [0.25, 0.3) is 22.8 Å². The second kappa shape index (κ2) is 9.08. The quantitative estimate of drug-likeness (QED) is 0.580. The molecule has 6 nitrogen and oxygen atoms in total. The number of amides is 1. The van der Waals surface area contributed by atoms with Crippen LogP contribution in [0.5, 0.6) is 11.5 Å². The molecule has 0 aliphatic heterocycles. The molecule has 2 aromatic carbocycles. The predicted octanol–water partition coefficient (Wildman–Crippen LogP) is 4.56. The molecule has 0 unspecified atom stereocenters. The Bertz CT molecular complexity index is 949. The molecule has 0 fully saturated rings. The number of nitrogens with one attached hydrogen (secondary N) is 1. The number of benzene rings is 2. The van der Waals surface area contributed by atoms with Gasteiger partial charge in [0.15, 0.2) is 5.76 Å². The minimum atomic E-state index is -0.133. The van der Waals surface area contributed by atoms with E-state index in [2.05, 4.69) is 17.2 Å². The highest BCUT2D eigenvalue weighted by atomic mass is 16.5. The van der Waals surface area contributed by atoms with Gasteiger partial charge in [0.1, 0.15) is 11.5 Å². The predicted molar refractivity (Wildman–Crippen MR) is 108 cm³/mol. The molecule has 0 aliphatic carbocycles. The Morgan fingerprint density at radius 3 is 2.68 bits per heavy atom. The lowest BCUT2D eigenvalue weighted by Crippen LogP contribution is -2.24. The molecule has 0 spiro atoms. The number of carbonyl (C=O) groups excluding carboxylic acids is 1. The number of hydrogen-bond donors (Lipinski definition) is 1. The van der Waals surface area contributed by atoms with Crippen LogP contribution >= 0.6 is 0 Å². The highest BCUT2D eigenvalue weighted by Gasteiger charge is 2.18. The Balaban J connectivity index is 1.92. The van der Waals surface area contributed by atoms with Gasteiger partial charge in [-0.05, 0) is 30.7 Å². The average molecular weight is 380 g/mol. The molecule has 0 saturated heterocycles. The lowest BCUT2D eigenvalue weighted by atomic mass is 10.1. The standard InChI is InChI=1S/C22H24N2O4/c1-4-5-12-23-21(25)16-8-6-7-9-17(16)22-24-14-20(28-22)18-11-10-15(26-2)13-19(18)27-3/h6-11,13-14H,4-5,12H2,1-3H3,(H,23,25). The van der Waals surface area contributed by atoms with Crippen molar-refractivity contribution in [1.29, 1.82) is 0 Å². The summed E-state index contributed by atoms with van der Waals surface area (Å²) in [6.07, 6.45) is 3.59. The maximum absolute atomic E-state index is 12.5. The average Bonchev–Trinajstić information content (AvgIpc) is 3.23. The van der Waals surface area contributed by atoms with E-state index in [1.54, 1.807) is 32.5 Å². The Kier molecular flexibility index (Phi) is 6.32. The maximum Gasteiger partial charge on any atom is 0.252 e. The van der Waals surface area contributed by atoms with E-state index in [-0.39, 0.29) is 5.91 Å². The van der Waals surface area contributed by atoms with Crippen molar-refractivity contribution >= 4 is 5.91 Å². The molecule has 0 saturated carbocycles. The van der Waals surface area contributed by atoms with Gasteiger partial charge in [0.25, 0.3) is 5.91 Å². The number of carbonyl (C=O) groups is 1. The summed E-state index contributed by atoms with van der Waals surface area (Å²) >= 11 is 0. The number of oxazole rings is 1. The first-order valence-corrected chi connectivity index (χ1v) is 9.23. The van der Waals surface area contributed by atoms with Gasteiger partial charge >= 0.3 is 0 Å². The van der Waals surface area contributed by atoms with E-state index in [4.69, 9.17) is 13.9 Å². The SMILES string of the molecule is CCCCNC(=O)c1ccccc1-c1ncc(-c2ccc(OC)cc2OC)o1. The summed E-state index contributed by atoms with van der Waals surface area (Å²) in [5.41, 5.74) is 1.94. The summed E-state index contributed by atoms with van der Waals surface area (Å²) in [5, 5.41) is 2.94. The van der Waals surface area contributed by atoms with E-state index in [0.717, 1.165) is 18.4 Å². The minimum absolute atomic E-state index is 0.133. The molecule has 28 heavy (non-hydrogen) atoms. The van der Waals surface area contributed by atoms with Crippen molar-refractivity contribution in [3.63, 3.8) is 0 Å². The zero-order valence-corrected chi connectivity index (χ0v) is 16.3. The van der Waals surface area contributed by atoms with Gasteiger partial charge < -0.3 is 19.2 Å². The monoisotopic (exact) mass is 380 g/mol. The molecule has 0 bridgehead atoms.